The zero-order chi connectivity index (χ0) is 23.9. The van der Waals surface area contributed by atoms with Crippen molar-refractivity contribution < 1.29 is 19.1 Å². The fourth-order valence-electron chi connectivity index (χ4n) is 3.04. The Balaban J connectivity index is 0.00000961. The van der Waals surface area contributed by atoms with Crippen molar-refractivity contribution in [2.45, 2.75) is 85.0 Å². The maximum absolute atomic E-state index is 12.2. The van der Waals surface area contributed by atoms with Crippen molar-refractivity contribution >= 4 is 42.1 Å². The van der Waals surface area contributed by atoms with Gasteiger partial charge in [0.25, 0.3) is 0 Å². The molecule has 0 spiro atoms. The van der Waals surface area contributed by atoms with Gasteiger partial charge in [0.2, 0.25) is 0 Å². The Hall–Kier alpha value is -1.46. The van der Waals surface area contributed by atoms with E-state index in [-0.39, 0.29) is 30.1 Å². The molecule has 1 aliphatic rings. The summed E-state index contributed by atoms with van der Waals surface area (Å²) in [5.41, 5.74) is -1.53. The van der Waals surface area contributed by atoms with Gasteiger partial charge in [0.15, 0.2) is 5.96 Å². The van der Waals surface area contributed by atoms with E-state index in [0.29, 0.717) is 31.5 Å². The van der Waals surface area contributed by atoms with E-state index in [4.69, 9.17) is 9.47 Å². The summed E-state index contributed by atoms with van der Waals surface area (Å²) in [6.45, 7) is 17.6. The number of aliphatic imine (C=N–C) groups is 1. The summed E-state index contributed by atoms with van der Waals surface area (Å²) < 4.78 is 10.8. The molecule has 1 fully saturated rings. The van der Waals surface area contributed by atoms with Crippen LogP contribution in [0.25, 0.3) is 0 Å². The van der Waals surface area contributed by atoms with Gasteiger partial charge in [-0.1, -0.05) is 0 Å². The normalized spacial score (nSPS) is 16.0. The van der Waals surface area contributed by atoms with Crippen molar-refractivity contribution in [3.8, 4) is 0 Å². The molecule has 2 amide bonds. The summed E-state index contributed by atoms with van der Waals surface area (Å²) in [6, 6.07) is 0. The summed E-state index contributed by atoms with van der Waals surface area (Å²) in [5.74, 6) is 1.12. The topological polar surface area (TPSA) is 104 Å². The van der Waals surface area contributed by atoms with Gasteiger partial charge in [-0.05, 0) is 74.1 Å². The summed E-state index contributed by atoms with van der Waals surface area (Å²) in [7, 11) is 1.72. The first-order valence-corrected chi connectivity index (χ1v) is 11.0. The Bertz CT molecular complexity index is 633. The van der Waals surface area contributed by atoms with Crippen molar-refractivity contribution in [3.63, 3.8) is 0 Å². The zero-order valence-corrected chi connectivity index (χ0v) is 23.6. The van der Waals surface area contributed by atoms with Crippen LogP contribution >= 0.6 is 24.0 Å². The van der Waals surface area contributed by atoms with Crippen LogP contribution in [0.2, 0.25) is 0 Å². The molecule has 1 saturated heterocycles. The maximum atomic E-state index is 12.2. The van der Waals surface area contributed by atoms with Gasteiger partial charge in [-0.15, -0.1) is 24.0 Å². The Morgan fingerprint density at radius 1 is 0.938 bits per heavy atom. The molecule has 0 radical (unpaired) electrons. The van der Waals surface area contributed by atoms with Crippen molar-refractivity contribution in [1.29, 1.82) is 0 Å². The van der Waals surface area contributed by atoms with Crippen LogP contribution in [0, 0.1) is 5.92 Å². The summed E-state index contributed by atoms with van der Waals surface area (Å²) in [4.78, 5) is 30.3. The highest BCUT2D eigenvalue weighted by Crippen LogP contribution is 2.19. The molecular weight excluding hydrogens is 525 g/mol. The molecule has 10 heteroatoms. The molecule has 0 aliphatic carbocycles. The second-order valence-corrected chi connectivity index (χ2v) is 10.7. The van der Waals surface area contributed by atoms with Crippen molar-refractivity contribution in [3.05, 3.63) is 0 Å². The quantitative estimate of drug-likeness (QED) is 0.265. The Morgan fingerprint density at radius 2 is 1.47 bits per heavy atom. The largest absolute Gasteiger partial charge is 0.444 e. The summed E-state index contributed by atoms with van der Waals surface area (Å²) >= 11 is 0. The highest BCUT2D eigenvalue weighted by atomic mass is 127. The summed E-state index contributed by atoms with van der Waals surface area (Å²) in [6.07, 6.45) is 1.14. The molecule has 1 rings (SSSR count). The van der Waals surface area contributed by atoms with E-state index in [1.807, 2.05) is 55.4 Å². The molecule has 0 aromatic rings. The molecule has 1 aliphatic heterocycles. The molecule has 0 atom stereocenters. The van der Waals surface area contributed by atoms with E-state index in [1.165, 1.54) is 0 Å². The average molecular weight is 570 g/mol. The molecule has 188 valence electrons. The lowest BCUT2D eigenvalue weighted by molar-refractivity contribution is 0.0185. The minimum absolute atomic E-state index is 0. The van der Waals surface area contributed by atoms with Crippen molar-refractivity contribution in [1.82, 2.24) is 20.9 Å². The lowest BCUT2D eigenvalue weighted by atomic mass is 9.97. The number of nitrogens with one attached hydrogen (secondary N) is 3. The lowest BCUT2D eigenvalue weighted by Gasteiger charge is -2.34. The van der Waals surface area contributed by atoms with Crippen LogP contribution in [0.5, 0.6) is 0 Å². The van der Waals surface area contributed by atoms with Crippen LogP contribution in [0.4, 0.5) is 9.59 Å². The second-order valence-electron chi connectivity index (χ2n) is 10.7. The minimum atomic E-state index is -0.537. The molecule has 0 unspecified atom stereocenters. The number of hydrogen-bond donors (Lipinski definition) is 3. The van der Waals surface area contributed by atoms with Gasteiger partial charge in [0.1, 0.15) is 11.2 Å². The number of guanidine groups is 1. The van der Waals surface area contributed by atoms with Gasteiger partial charge in [-0.3, -0.25) is 4.99 Å². The first kappa shape index (κ1) is 30.5. The Morgan fingerprint density at radius 3 is 1.94 bits per heavy atom. The highest BCUT2D eigenvalue weighted by molar-refractivity contribution is 14.0. The number of nitrogens with zero attached hydrogens (tertiary/aromatic N) is 2. The molecular formula is C22H44IN5O4. The average Bonchev–Trinajstić information content (AvgIpc) is 2.58. The molecule has 1 heterocycles. The van der Waals surface area contributed by atoms with Crippen LogP contribution in [-0.2, 0) is 9.47 Å². The fraction of sp³-hybridized carbons (Fsp3) is 0.864. The van der Waals surface area contributed by atoms with Crippen molar-refractivity contribution in [2.24, 2.45) is 10.9 Å². The maximum Gasteiger partial charge on any atom is 0.410 e. The predicted molar refractivity (Wildman–Crippen MR) is 139 cm³/mol. The van der Waals surface area contributed by atoms with Gasteiger partial charge < -0.3 is 30.3 Å². The number of hydrogen-bond acceptors (Lipinski definition) is 5. The highest BCUT2D eigenvalue weighted by Gasteiger charge is 2.27. The van der Waals surface area contributed by atoms with Crippen LogP contribution in [-0.4, -0.2) is 73.0 Å². The number of carbonyl (C=O) groups excluding carboxylic acids is 2. The predicted octanol–water partition coefficient (Wildman–Crippen LogP) is 3.72. The van der Waals surface area contributed by atoms with E-state index >= 15 is 0 Å². The van der Waals surface area contributed by atoms with Crippen LogP contribution < -0.4 is 16.0 Å². The standard InChI is InChI=1S/C22H43N5O4.HI/c1-20(2,3)30-18(28)26-22(7,8)15-25-17(23-9)24-14-16-10-12-27(13-11-16)19(29)31-21(4,5)6;/h16H,10-15H2,1-9H3,(H,26,28)(H2,23,24,25);1H. The molecule has 0 saturated carbocycles. The monoisotopic (exact) mass is 569 g/mol. The van der Waals surface area contributed by atoms with Gasteiger partial charge in [0, 0.05) is 33.2 Å². The number of likely N-dealkylation sites (tertiary alicyclic amines) is 1. The van der Waals surface area contributed by atoms with E-state index in [9.17, 15) is 9.59 Å². The number of halogens is 1. The molecule has 0 aromatic heterocycles. The Kier molecular flexibility index (Phi) is 12.1. The van der Waals surface area contributed by atoms with Crippen LogP contribution in [0.15, 0.2) is 4.99 Å². The van der Waals surface area contributed by atoms with Gasteiger partial charge in [-0.25, -0.2) is 9.59 Å². The lowest BCUT2D eigenvalue weighted by Crippen LogP contribution is -2.54. The first-order valence-electron chi connectivity index (χ1n) is 11.0. The van der Waals surface area contributed by atoms with Gasteiger partial charge in [0.05, 0.1) is 5.54 Å². The number of rotatable bonds is 5. The first-order chi connectivity index (χ1) is 14.1. The SMILES string of the molecule is CN=C(NCC1CCN(C(=O)OC(C)(C)C)CC1)NCC(C)(C)NC(=O)OC(C)(C)C.I. The number of ether oxygens (including phenoxy) is 2. The van der Waals surface area contributed by atoms with E-state index in [1.54, 1.807) is 11.9 Å². The summed E-state index contributed by atoms with van der Waals surface area (Å²) in [5, 5.41) is 9.47. The van der Waals surface area contributed by atoms with Crippen molar-refractivity contribution in [2.75, 3.05) is 33.2 Å². The second kappa shape index (κ2) is 12.7. The fourth-order valence-corrected chi connectivity index (χ4v) is 3.04. The van der Waals surface area contributed by atoms with Crippen LogP contribution in [0.3, 0.4) is 0 Å². The molecule has 0 bridgehead atoms. The third-order valence-corrected chi connectivity index (χ3v) is 4.59. The number of piperidine rings is 1. The third kappa shape index (κ3) is 13.2. The number of carbonyl (C=O) groups is 2. The minimum Gasteiger partial charge on any atom is -0.444 e. The smallest absolute Gasteiger partial charge is 0.410 e. The van der Waals surface area contributed by atoms with E-state index in [2.05, 4.69) is 20.9 Å². The third-order valence-electron chi connectivity index (χ3n) is 4.59. The molecule has 0 aromatic carbocycles. The van der Waals surface area contributed by atoms with E-state index in [0.717, 1.165) is 19.4 Å². The molecule has 32 heavy (non-hydrogen) atoms. The van der Waals surface area contributed by atoms with Gasteiger partial charge >= 0.3 is 12.2 Å². The van der Waals surface area contributed by atoms with Crippen LogP contribution in [0.1, 0.15) is 68.2 Å². The molecule has 9 nitrogen and oxygen atoms in total. The number of amides is 2. The number of alkyl carbamates (subject to hydrolysis) is 1. The van der Waals surface area contributed by atoms with Gasteiger partial charge in [-0.2, -0.15) is 0 Å². The Labute approximate surface area is 210 Å². The van der Waals surface area contributed by atoms with E-state index < -0.39 is 22.8 Å². The molecule has 3 N–H and O–H groups in total. The zero-order valence-electron chi connectivity index (χ0n) is 21.3.